The summed E-state index contributed by atoms with van der Waals surface area (Å²) in [4.78, 5) is 2.41. The van der Waals surface area contributed by atoms with Crippen LogP contribution in [0.1, 0.15) is 54.4 Å². The fourth-order valence-electron chi connectivity index (χ4n) is 3.12. The maximum absolute atomic E-state index is 12.1. The van der Waals surface area contributed by atoms with Crippen molar-refractivity contribution in [1.29, 1.82) is 0 Å². The number of hydrogen-bond acceptors (Lipinski definition) is 4. The van der Waals surface area contributed by atoms with E-state index in [0.717, 1.165) is 25.9 Å². The summed E-state index contributed by atoms with van der Waals surface area (Å²) in [5.74, 6) is 0.808. The third kappa shape index (κ3) is 4.67. The summed E-state index contributed by atoms with van der Waals surface area (Å²) in [6, 6.07) is 0.429. The van der Waals surface area contributed by atoms with Crippen molar-refractivity contribution in [3.63, 3.8) is 0 Å². The highest BCUT2D eigenvalue weighted by Gasteiger charge is 2.38. The highest BCUT2D eigenvalue weighted by Crippen LogP contribution is 2.25. The zero-order valence-corrected chi connectivity index (χ0v) is 15.5. The highest BCUT2D eigenvalue weighted by atomic mass is 32.2. The van der Waals surface area contributed by atoms with Crippen LogP contribution >= 0.6 is 0 Å². The topological polar surface area (TPSA) is 49.4 Å². The average molecular weight is 319 g/mol. The Morgan fingerprint density at radius 2 is 1.76 bits per heavy atom. The van der Waals surface area contributed by atoms with E-state index in [-0.39, 0.29) is 16.5 Å². The normalized spacial score (nSPS) is 23.9. The van der Waals surface area contributed by atoms with Gasteiger partial charge in [0.2, 0.25) is 0 Å². The van der Waals surface area contributed by atoms with E-state index in [4.69, 9.17) is 0 Å². The Balaban J connectivity index is 2.81. The van der Waals surface area contributed by atoms with Crippen LogP contribution in [0.5, 0.6) is 0 Å². The van der Waals surface area contributed by atoms with E-state index in [0.29, 0.717) is 18.5 Å². The first kappa shape index (κ1) is 18.9. The lowest BCUT2D eigenvalue weighted by atomic mass is 9.86. The number of hydrogen-bond donors (Lipinski definition) is 1. The molecule has 0 spiro atoms. The van der Waals surface area contributed by atoms with Gasteiger partial charge in [0.25, 0.3) is 0 Å². The van der Waals surface area contributed by atoms with Gasteiger partial charge in [-0.25, -0.2) is 8.42 Å². The largest absolute Gasteiger partial charge is 0.308 e. The van der Waals surface area contributed by atoms with Gasteiger partial charge in [-0.05, 0) is 32.6 Å². The minimum atomic E-state index is -2.96. The SMILES string of the molecule is CCC1(CC)CN(CCS(=O)(=O)C(C)C)C(C(C)C)CN1. The van der Waals surface area contributed by atoms with Crippen molar-refractivity contribution in [2.75, 3.05) is 25.4 Å². The summed E-state index contributed by atoms with van der Waals surface area (Å²) >= 11 is 0. The van der Waals surface area contributed by atoms with Gasteiger partial charge < -0.3 is 5.32 Å². The first-order chi connectivity index (χ1) is 9.67. The van der Waals surface area contributed by atoms with E-state index in [9.17, 15) is 8.42 Å². The van der Waals surface area contributed by atoms with Crippen molar-refractivity contribution < 1.29 is 8.42 Å². The summed E-state index contributed by atoms with van der Waals surface area (Å²) in [6.07, 6.45) is 2.17. The molecule has 1 unspecified atom stereocenters. The summed E-state index contributed by atoms with van der Waals surface area (Å²) in [5.41, 5.74) is 0.146. The first-order valence-electron chi connectivity index (χ1n) is 8.38. The van der Waals surface area contributed by atoms with Crippen LogP contribution in [0.4, 0.5) is 0 Å². The zero-order valence-electron chi connectivity index (χ0n) is 14.6. The Morgan fingerprint density at radius 1 is 1.19 bits per heavy atom. The minimum absolute atomic E-state index is 0.146. The lowest BCUT2D eigenvalue weighted by Gasteiger charge is -2.49. The summed E-state index contributed by atoms with van der Waals surface area (Å²) in [7, 11) is -2.96. The quantitative estimate of drug-likeness (QED) is 0.782. The second-order valence-electron chi connectivity index (χ2n) is 7.07. The van der Waals surface area contributed by atoms with Gasteiger partial charge in [-0.2, -0.15) is 0 Å². The van der Waals surface area contributed by atoms with Crippen LogP contribution in [-0.4, -0.2) is 55.5 Å². The molecule has 1 aliphatic heterocycles. The molecule has 1 saturated heterocycles. The molecule has 4 nitrogen and oxygen atoms in total. The van der Waals surface area contributed by atoms with Crippen molar-refractivity contribution in [3.8, 4) is 0 Å². The molecule has 21 heavy (non-hydrogen) atoms. The molecule has 0 aromatic rings. The van der Waals surface area contributed by atoms with E-state index in [1.54, 1.807) is 13.8 Å². The molecule has 0 amide bonds. The molecule has 1 atom stereocenters. The van der Waals surface area contributed by atoms with E-state index < -0.39 is 9.84 Å². The number of rotatable bonds is 7. The second-order valence-corrected chi connectivity index (χ2v) is 9.74. The Labute approximate surface area is 131 Å². The van der Waals surface area contributed by atoms with Crippen molar-refractivity contribution in [1.82, 2.24) is 10.2 Å². The minimum Gasteiger partial charge on any atom is -0.308 e. The van der Waals surface area contributed by atoms with Crippen LogP contribution in [0.15, 0.2) is 0 Å². The van der Waals surface area contributed by atoms with Crippen LogP contribution in [0.25, 0.3) is 0 Å². The smallest absolute Gasteiger partial charge is 0.153 e. The van der Waals surface area contributed by atoms with Crippen LogP contribution in [0, 0.1) is 5.92 Å². The lowest BCUT2D eigenvalue weighted by Crippen LogP contribution is -2.65. The van der Waals surface area contributed by atoms with Crippen molar-refractivity contribution in [2.24, 2.45) is 5.92 Å². The van der Waals surface area contributed by atoms with Gasteiger partial charge in [-0.1, -0.05) is 27.7 Å². The maximum Gasteiger partial charge on any atom is 0.153 e. The molecule has 1 N–H and O–H groups in total. The molecular weight excluding hydrogens is 284 g/mol. The molecule has 1 rings (SSSR count). The van der Waals surface area contributed by atoms with Gasteiger partial charge in [-0.3, -0.25) is 4.90 Å². The molecule has 5 heteroatoms. The van der Waals surface area contributed by atoms with Gasteiger partial charge in [0.1, 0.15) is 0 Å². The number of nitrogens with zero attached hydrogens (tertiary/aromatic N) is 1. The Bertz CT molecular complexity index is 414. The van der Waals surface area contributed by atoms with E-state index in [1.165, 1.54) is 0 Å². The average Bonchev–Trinajstić information content (AvgIpc) is 2.44. The standard InChI is InChI=1S/C16H34N2O2S/c1-7-16(8-2)12-18(15(11-17-16)13(3)4)9-10-21(19,20)14(5)6/h13-15,17H,7-12H2,1-6H3. The van der Waals surface area contributed by atoms with Gasteiger partial charge in [-0.15, -0.1) is 0 Å². The van der Waals surface area contributed by atoms with Crippen LogP contribution in [-0.2, 0) is 9.84 Å². The van der Waals surface area contributed by atoms with Crippen molar-refractivity contribution >= 4 is 9.84 Å². The third-order valence-electron chi connectivity index (χ3n) is 5.17. The van der Waals surface area contributed by atoms with Crippen LogP contribution < -0.4 is 5.32 Å². The van der Waals surface area contributed by atoms with Crippen molar-refractivity contribution in [2.45, 2.75) is 71.2 Å². The van der Waals surface area contributed by atoms with Crippen LogP contribution in [0.2, 0.25) is 0 Å². The van der Waals surface area contributed by atoms with Gasteiger partial charge in [0.15, 0.2) is 9.84 Å². The molecule has 1 aliphatic rings. The molecule has 0 aromatic heterocycles. The molecule has 0 aromatic carbocycles. The van der Waals surface area contributed by atoms with E-state index >= 15 is 0 Å². The lowest BCUT2D eigenvalue weighted by molar-refractivity contribution is 0.0555. The number of sulfone groups is 1. The molecule has 0 saturated carbocycles. The molecule has 0 aliphatic carbocycles. The second kappa shape index (κ2) is 7.42. The molecule has 0 bridgehead atoms. The monoisotopic (exact) mass is 318 g/mol. The van der Waals surface area contributed by atoms with Crippen LogP contribution in [0.3, 0.4) is 0 Å². The number of nitrogens with one attached hydrogen (secondary N) is 1. The molecule has 1 fully saturated rings. The highest BCUT2D eigenvalue weighted by molar-refractivity contribution is 7.92. The predicted molar refractivity (Wildman–Crippen MR) is 90.4 cm³/mol. The fourth-order valence-corrected chi connectivity index (χ4v) is 4.08. The van der Waals surface area contributed by atoms with E-state index in [2.05, 4.69) is 37.9 Å². The van der Waals surface area contributed by atoms with Gasteiger partial charge in [0, 0.05) is 31.2 Å². The summed E-state index contributed by atoms with van der Waals surface area (Å²) < 4.78 is 24.2. The molecule has 126 valence electrons. The fraction of sp³-hybridized carbons (Fsp3) is 1.00. The summed E-state index contributed by atoms with van der Waals surface area (Å²) in [6.45, 7) is 15.0. The Morgan fingerprint density at radius 3 is 2.19 bits per heavy atom. The van der Waals surface area contributed by atoms with E-state index in [1.807, 2.05) is 0 Å². The Kier molecular flexibility index (Phi) is 6.69. The van der Waals surface area contributed by atoms with Crippen molar-refractivity contribution in [3.05, 3.63) is 0 Å². The third-order valence-corrected chi connectivity index (χ3v) is 7.35. The van der Waals surface area contributed by atoms with Gasteiger partial charge >= 0.3 is 0 Å². The Hall–Kier alpha value is -0.130. The maximum atomic E-state index is 12.1. The predicted octanol–water partition coefficient (Wildman–Crippen LogP) is 2.30. The first-order valence-corrected chi connectivity index (χ1v) is 10.1. The van der Waals surface area contributed by atoms with Gasteiger partial charge in [0.05, 0.1) is 11.0 Å². The summed E-state index contributed by atoms with van der Waals surface area (Å²) in [5, 5.41) is 3.44. The number of piperazine rings is 1. The zero-order chi connectivity index (χ0) is 16.3. The molecule has 0 radical (unpaired) electrons. The molecule has 1 heterocycles. The molecular formula is C16H34N2O2S.